The first kappa shape index (κ1) is 16.2. The monoisotopic (exact) mass is 342 g/mol. The highest BCUT2D eigenvalue weighted by Crippen LogP contribution is 2.26. The number of halogens is 1. The first-order valence-corrected chi connectivity index (χ1v) is 7.87. The van der Waals surface area contributed by atoms with E-state index in [1.807, 2.05) is 13.0 Å². The Morgan fingerprint density at radius 3 is 2.46 bits per heavy atom. The smallest absolute Gasteiger partial charge is 0.255 e. The second-order valence-corrected chi connectivity index (χ2v) is 6.02. The van der Waals surface area contributed by atoms with E-state index in [1.165, 1.54) is 6.07 Å². The zero-order valence-electron chi connectivity index (χ0n) is 13.0. The molecule has 1 aliphatic heterocycles. The van der Waals surface area contributed by atoms with E-state index in [1.54, 1.807) is 30.3 Å². The lowest BCUT2D eigenvalue weighted by Gasteiger charge is -2.15. The second kappa shape index (κ2) is 6.45. The minimum absolute atomic E-state index is 0.203. The van der Waals surface area contributed by atoms with E-state index in [4.69, 9.17) is 11.6 Å². The van der Waals surface area contributed by atoms with Gasteiger partial charge in [-0.1, -0.05) is 23.7 Å². The third-order valence-electron chi connectivity index (χ3n) is 3.79. The minimum Gasteiger partial charge on any atom is -0.321 e. The van der Waals surface area contributed by atoms with Gasteiger partial charge in [-0.3, -0.25) is 19.3 Å². The average molecular weight is 343 g/mol. The summed E-state index contributed by atoms with van der Waals surface area (Å²) in [6.07, 6.45) is 0.405. The Morgan fingerprint density at radius 1 is 1.08 bits per heavy atom. The van der Waals surface area contributed by atoms with Crippen molar-refractivity contribution in [3.05, 3.63) is 58.6 Å². The highest BCUT2D eigenvalue weighted by Gasteiger charge is 2.30. The first-order valence-electron chi connectivity index (χ1n) is 7.49. The number of carbonyl (C=O) groups is 3. The molecule has 0 aliphatic carbocycles. The fourth-order valence-electron chi connectivity index (χ4n) is 2.57. The molecule has 6 heteroatoms. The van der Waals surface area contributed by atoms with Gasteiger partial charge in [0.2, 0.25) is 11.8 Å². The van der Waals surface area contributed by atoms with Crippen LogP contribution in [-0.4, -0.2) is 17.7 Å². The number of hydrogen-bond acceptors (Lipinski definition) is 3. The van der Waals surface area contributed by atoms with Gasteiger partial charge in [0.05, 0.1) is 16.4 Å². The van der Waals surface area contributed by atoms with Crippen LogP contribution >= 0.6 is 11.6 Å². The third-order valence-corrected chi connectivity index (χ3v) is 4.10. The number of aryl methyl sites for hydroxylation is 1. The van der Waals surface area contributed by atoms with E-state index in [-0.39, 0.29) is 30.6 Å². The predicted molar refractivity (Wildman–Crippen MR) is 92.3 cm³/mol. The Kier molecular flexibility index (Phi) is 4.36. The molecule has 0 spiro atoms. The van der Waals surface area contributed by atoms with Crippen molar-refractivity contribution < 1.29 is 14.4 Å². The van der Waals surface area contributed by atoms with Crippen molar-refractivity contribution in [1.29, 1.82) is 0 Å². The number of anilines is 2. The summed E-state index contributed by atoms with van der Waals surface area (Å²) in [6.45, 7) is 1.91. The maximum atomic E-state index is 12.4. The third kappa shape index (κ3) is 3.16. The summed E-state index contributed by atoms with van der Waals surface area (Å²) in [6, 6.07) is 11.8. The molecule has 0 saturated carbocycles. The molecule has 0 aromatic heterocycles. The summed E-state index contributed by atoms with van der Waals surface area (Å²) in [5.74, 6) is -0.861. The Bertz CT molecular complexity index is 832. The predicted octanol–water partition coefficient (Wildman–Crippen LogP) is 3.55. The van der Waals surface area contributed by atoms with Crippen LogP contribution in [0.1, 0.15) is 28.8 Å². The molecule has 3 rings (SSSR count). The van der Waals surface area contributed by atoms with E-state index in [2.05, 4.69) is 5.32 Å². The fourth-order valence-corrected chi connectivity index (χ4v) is 2.85. The van der Waals surface area contributed by atoms with Crippen molar-refractivity contribution in [3.8, 4) is 0 Å². The molecule has 1 fully saturated rings. The van der Waals surface area contributed by atoms with Gasteiger partial charge in [-0.25, -0.2) is 0 Å². The number of carbonyl (C=O) groups excluding carboxylic acids is 3. The van der Waals surface area contributed by atoms with Crippen LogP contribution in [0.4, 0.5) is 11.4 Å². The van der Waals surface area contributed by atoms with Crippen LogP contribution in [0.2, 0.25) is 5.02 Å². The van der Waals surface area contributed by atoms with Crippen LogP contribution in [0, 0.1) is 6.92 Å². The Hall–Kier alpha value is -2.66. The topological polar surface area (TPSA) is 66.5 Å². The van der Waals surface area contributed by atoms with Gasteiger partial charge in [-0.05, 0) is 42.8 Å². The standard InChI is InChI=1S/C18H15ClN2O3/c1-11-5-6-15(14(19)9-11)20-18(24)12-3-2-4-13(10-12)21-16(22)7-8-17(21)23/h2-6,9-10H,7-8H2,1H3,(H,20,24). The molecule has 1 heterocycles. The van der Waals surface area contributed by atoms with Crippen LogP contribution in [-0.2, 0) is 9.59 Å². The summed E-state index contributed by atoms with van der Waals surface area (Å²) in [5.41, 5.74) is 2.25. The zero-order valence-corrected chi connectivity index (χ0v) is 13.8. The molecule has 1 N–H and O–H groups in total. The molecule has 122 valence electrons. The van der Waals surface area contributed by atoms with Gasteiger partial charge in [0.25, 0.3) is 5.91 Å². The molecule has 0 bridgehead atoms. The molecule has 0 radical (unpaired) electrons. The average Bonchev–Trinajstić information content (AvgIpc) is 2.89. The van der Waals surface area contributed by atoms with Crippen molar-refractivity contribution in [2.75, 3.05) is 10.2 Å². The summed E-state index contributed by atoms with van der Waals surface area (Å²) >= 11 is 6.12. The molecule has 0 unspecified atom stereocenters. The lowest BCUT2D eigenvalue weighted by Crippen LogP contribution is -2.28. The Labute approximate surface area is 144 Å². The molecular weight excluding hydrogens is 328 g/mol. The van der Waals surface area contributed by atoms with Crippen LogP contribution in [0.25, 0.3) is 0 Å². The van der Waals surface area contributed by atoms with Gasteiger partial charge >= 0.3 is 0 Å². The number of rotatable bonds is 3. The van der Waals surface area contributed by atoms with Gasteiger partial charge < -0.3 is 5.32 Å². The van der Waals surface area contributed by atoms with Gasteiger partial charge in [-0.2, -0.15) is 0 Å². The molecule has 2 aromatic carbocycles. The lowest BCUT2D eigenvalue weighted by molar-refractivity contribution is -0.121. The van der Waals surface area contributed by atoms with E-state index < -0.39 is 0 Å². The summed E-state index contributed by atoms with van der Waals surface area (Å²) in [5, 5.41) is 3.18. The van der Waals surface area contributed by atoms with E-state index in [0.29, 0.717) is 22.0 Å². The molecule has 1 aliphatic rings. The van der Waals surface area contributed by atoms with Crippen LogP contribution < -0.4 is 10.2 Å². The minimum atomic E-state index is -0.360. The van der Waals surface area contributed by atoms with Gasteiger partial charge in [0.15, 0.2) is 0 Å². The van der Waals surface area contributed by atoms with E-state index in [9.17, 15) is 14.4 Å². The fraction of sp³-hybridized carbons (Fsp3) is 0.167. The summed E-state index contributed by atoms with van der Waals surface area (Å²) < 4.78 is 0. The quantitative estimate of drug-likeness (QED) is 0.867. The molecule has 0 atom stereocenters. The number of benzene rings is 2. The van der Waals surface area contributed by atoms with Crippen LogP contribution in [0.5, 0.6) is 0 Å². The molecule has 1 saturated heterocycles. The number of amides is 3. The number of hydrogen-bond donors (Lipinski definition) is 1. The SMILES string of the molecule is Cc1ccc(NC(=O)c2cccc(N3C(=O)CCC3=O)c2)c(Cl)c1. The highest BCUT2D eigenvalue weighted by atomic mass is 35.5. The van der Waals surface area contributed by atoms with Crippen LogP contribution in [0.15, 0.2) is 42.5 Å². The number of imide groups is 1. The number of nitrogens with one attached hydrogen (secondary N) is 1. The largest absolute Gasteiger partial charge is 0.321 e. The molecule has 5 nitrogen and oxygen atoms in total. The maximum Gasteiger partial charge on any atom is 0.255 e. The van der Waals surface area contributed by atoms with Gasteiger partial charge in [-0.15, -0.1) is 0 Å². The zero-order chi connectivity index (χ0) is 17.3. The Morgan fingerprint density at radius 2 is 1.79 bits per heavy atom. The van der Waals surface area contributed by atoms with Crippen LogP contribution in [0.3, 0.4) is 0 Å². The van der Waals surface area contributed by atoms with Crippen molar-refractivity contribution in [1.82, 2.24) is 0 Å². The summed E-state index contributed by atoms with van der Waals surface area (Å²) in [7, 11) is 0. The normalized spacial score (nSPS) is 14.2. The summed E-state index contributed by atoms with van der Waals surface area (Å²) in [4.78, 5) is 37.2. The van der Waals surface area contributed by atoms with Crippen molar-refractivity contribution in [2.45, 2.75) is 19.8 Å². The molecule has 24 heavy (non-hydrogen) atoms. The molecule has 2 aromatic rings. The lowest BCUT2D eigenvalue weighted by atomic mass is 10.1. The van der Waals surface area contributed by atoms with Gasteiger partial charge in [0, 0.05) is 18.4 Å². The number of nitrogens with zero attached hydrogens (tertiary/aromatic N) is 1. The van der Waals surface area contributed by atoms with E-state index in [0.717, 1.165) is 10.5 Å². The van der Waals surface area contributed by atoms with Crippen molar-refractivity contribution >= 4 is 40.7 Å². The first-order chi connectivity index (χ1) is 11.5. The van der Waals surface area contributed by atoms with E-state index >= 15 is 0 Å². The van der Waals surface area contributed by atoms with Crippen molar-refractivity contribution in [2.24, 2.45) is 0 Å². The second-order valence-electron chi connectivity index (χ2n) is 5.61. The maximum absolute atomic E-state index is 12.4. The van der Waals surface area contributed by atoms with Crippen molar-refractivity contribution in [3.63, 3.8) is 0 Å². The molecule has 3 amide bonds. The van der Waals surface area contributed by atoms with Gasteiger partial charge in [0.1, 0.15) is 0 Å². The Balaban J connectivity index is 1.84. The highest BCUT2D eigenvalue weighted by molar-refractivity contribution is 6.34. The molecular formula is C18H15ClN2O3.